The van der Waals surface area contributed by atoms with Crippen LogP contribution in [0, 0.1) is 6.92 Å². The average molecular weight is 175 g/mol. The number of carbonyl (C=O) groups excluding carboxylic acids is 1. The summed E-state index contributed by atoms with van der Waals surface area (Å²) >= 11 is 5.71. The number of hydrogen-bond acceptors (Lipinski definition) is 3. The first-order valence-corrected chi connectivity index (χ1v) is 3.34. The van der Waals surface area contributed by atoms with Gasteiger partial charge < -0.3 is 4.74 Å². The monoisotopic (exact) mass is 174 g/mol. The van der Waals surface area contributed by atoms with Crippen LogP contribution in [-0.2, 0) is 11.8 Å². The van der Waals surface area contributed by atoms with Gasteiger partial charge in [0.05, 0.1) is 0 Å². The summed E-state index contributed by atoms with van der Waals surface area (Å²) in [6.45, 7) is 2.04. The summed E-state index contributed by atoms with van der Waals surface area (Å²) < 4.78 is 6.03. The number of aromatic nitrogens is 2. The second-order valence-electron chi connectivity index (χ2n) is 2.04. The van der Waals surface area contributed by atoms with Gasteiger partial charge in [-0.2, -0.15) is 5.10 Å². The highest BCUT2D eigenvalue weighted by Gasteiger charge is 2.11. The Morgan fingerprint density at radius 2 is 2.36 bits per heavy atom. The van der Waals surface area contributed by atoms with E-state index >= 15 is 0 Å². The van der Waals surface area contributed by atoms with E-state index in [4.69, 9.17) is 11.6 Å². The quantitative estimate of drug-likeness (QED) is 0.627. The maximum Gasteiger partial charge on any atom is 0.298 e. The molecule has 0 aliphatic rings. The molecule has 0 aliphatic heterocycles. The maximum absolute atomic E-state index is 9.97. The Morgan fingerprint density at radius 3 is 2.73 bits per heavy atom. The van der Waals surface area contributed by atoms with E-state index in [-0.39, 0.29) is 0 Å². The van der Waals surface area contributed by atoms with Crippen molar-refractivity contribution in [3.05, 3.63) is 10.8 Å². The van der Waals surface area contributed by atoms with Crippen LogP contribution in [0.4, 0.5) is 0 Å². The first-order chi connectivity index (χ1) is 5.16. The summed E-state index contributed by atoms with van der Waals surface area (Å²) in [7, 11) is 1.67. The fraction of sp³-hybridized carbons (Fsp3) is 0.333. The van der Waals surface area contributed by atoms with Crippen molar-refractivity contribution in [3.8, 4) is 5.75 Å². The summed E-state index contributed by atoms with van der Waals surface area (Å²) in [5, 5.41) is 4.26. The van der Waals surface area contributed by atoms with E-state index in [0.29, 0.717) is 23.1 Å². The van der Waals surface area contributed by atoms with Gasteiger partial charge in [-0.05, 0) is 6.92 Å². The van der Waals surface area contributed by atoms with Crippen molar-refractivity contribution in [2.45, 2.75) is 6.92 Å². The molecule has 0 aromatic carbocycles. The molecule has 60 valence electrons. The molecular formula is C6H7ClN2O2. The Kier molecular flexibility index (Phi) is 2.14. The number of hydrogen-bond donors (Lipinski definition) is 0. The van der Waals surface area contributed by atoms with E-state index in [1.807, 2.05) is 0 Å². The number of ether oxygens (including phenoxy) is 1. The van der Waals surface area contributed by atoms with E-state index in [1.165, 1.54) is 4.68 Å². The lowest BCUT2D eigenvalue weighted by Gasteiger charge is -1.93. The van der Waals surface area contributed by atoms with Crippen LogP contribution >= 0.6 is 11.6 Å². The Bertz CT molecular complexity index is 282. The molecule has 0 spiro atoms. The number of aryl methyl sites for hydroxylation is 2. The zero-order valence-electron chi connectivity index (χ0n) is 6.17. The number of carbonyl (C=O) groups is 1. The predicted molar refractivity (Wildman–Crippen MR) is 39.6 cm³/mol. The lowest BCUT2D eigenvalue weighted by molar-refractivity contribution is -0.120. The van der Waals surface area contributed by atoms with Crippen molar-refractivity contribution < 1.29 is 9.53 Å². The van der Waals surface area contributed by atoms with Crippen LogP contribution in [0.3, 0.4) is 0 Å². The maximum atomic E-state index is 9.97. The Balaban J connectivity index is 3.11. The van der Waals surface area contributed by atoms with Gasteiger partial charge in [-0.3, -0.25) is 9.48 Å². The van der Waals surface area contributed by atoms with Crippen molar-refractivity contribution in [1.29, 1.82) is 0 Å². The molecule has 0 amide bonds. The molecule has 0 N–H and O–H groups in total. The van der Waals surface area contributed by atoms with Crippen molar-refractivity contribution in [2.24, 2.45) is 7.05 Å². The molecule has 0 saturated carbocycles. The fourth-order valence-electron chi connectivity index (χ4n) is 0.793. The second-order valence-corrected chi connectivity index (χ2v) is 2.40. The summed E-state index contributed by atoms with van der Waals surface area (Å²) in [6.07, 6.45) is 0. The molecule has 0 saturated heterocycles. The minimum Gasteiger partial charge on any atom is -0.423 e. The van der Waals surface area contributed by atoms with Crippen LogP contribution in [0.25, 0.3) is 0 Å². The van der Waals surface area contributed by atoms with Gasteiger partial charge in [0, 0.05) is 7.05 Å². The topological polar surface area (TPSA) is 44.1 Å². The molecule has 1 aromatic heterocycles. The van der Waals surface area contributed by atoms with E-state index < -0.39 is 0 Å². The highest BCUT2D eigenvalue weighted by Crippen LogP contribution is 2.26. The van der Waals surface area contributed by atoms with Crippen LogP contribution in [0.15, 0.2) is 0 Å². The molecule has 0 radical (unpaired) electrons. The average Bonchev–Trinajstić information content (AvgIpc) is 2.17. The highest BCUT2D eigenvalue weighted by atomic mass is 35.5. The van der Waals surface area contributed by atoms with Crippen LogP contribution in [0.2, 0.25) is 5.15 Å². The zero-order chi connectivity index (χ0) is 8.43. The minimum atomic E-state index is 0.323. The minimum absolute atomic E-state index is 0.323. The summed E-state index contributed by atoms with van der Waals surface area (Å²) in [6, 6.07) is 0. The molecule has 0 aliphatic carbocycles. The van der Waals surface area contributed by atoms with Crippen molar-refractivity contribution in [1.82, 2.24) is 9.78 Å². The first-order valence-electron chi connectivity index (χ1n) is 2.96. The van der Waals surface area contributed by atoms with Crippen LogP contribution in [0.1, 0.15) is 5.69 Å². The van der Waals surface area contributed by atoms with E-state index in [1.54, 1.807) is 14.0 Å². The lowest BCUT2D eigenvalue weighted by Crippen LogP contribution is -1.90. The first kappa shape index (κ1) is 8.07. The fourth-order valence-corrected chi connectivity index (χ4v) is 1.01. The number of halogens is 1. The zero-order valence-corrected chi connectivity index (χ0v) is 6.92. The van der Waals surface area contributed by atoms with Gasteiger partial charge in [0.2, 0.25) is 0 Å². The van der Waals surface area contributed by atoms with E-state index in [0.717, 1.165) is 0 Å². The molecule has 4 nitrogen and oxygen atoms in total. The lowest BCUT2D eigenvalue weighted by atomic mass is 10.4. The molecule has 0 bridgehead atoms. The second kappa shape index (κ2) is 2.92. The van der Waals surface area contributed by atoms with Gasteiger partial charge >= 0.3 is 0 Å². The third-order valence-electron chi connectivity index (χ3n) is 1.27. The van der Waals surface area contributed by atoms with Crippen LogP contribution in [-0.4, -0.2) is 16.3 Å². The third-order valence-corrected chi connectivity index (χ3v) is 1.68. The van der Waals surface area contributed by atoms with Gasteiger partial charge in [-0.15, -0.1) is 0 Å². The molecule has 5 heteroatoms. The molecule has 11 heavy (non-hydrogen) atoms. The molecule has 0 atom stereocenters. The highest BCUT2D eigenvalue weighted by molar-refractivity contribution is 6.31. The Labute approximate surface area is 68.7 Å². The van der Waals surface area contributed by atoms with Gasteiger partial charge in [0.1, 0.15) is 5.69 Å². The standard InChI is InChI=1S/C6H7ClN2O2/c1-4-5(11-3-10)6(7)9(2)8-4/h3H,1-2H3. The third kappa shape index (κ3) is 1.35. The van der Waals surface area contributed by atoms with E-state index in [2.05, 4.69) is 9.84 Å². The predicted octanol–water partition coefficient (Wildman–Crippen LogP) is 0.917. The van der Waals surface area contributed by atoms with Crippen molar-refractivity contribution in [2.75, 3.05) is 0 Å². The van der Waals surface area contributed by atoms with Crippen molar-refractivity contribution >= 4 is 18.1 Å². The smallest absolute Gasteiger partial charge is 0.298 e. The molecule has 0 unspecified atom stereocenters. The van der Waals surface area contributed by atoms with Gasteiger partial charge in [0.15, 0.2) is 10.9 Å². The summed E-state index contributed by atoms with van der Waals surface area (Å²) in [5.74, 6) is 0.323. The van der Waals surface area contributed by atoms with Crippen LogP contribution in [0.5, 0.6) is 5.75 Å². The summed E-state index contributed by atoms with van der Waals surface area (Å²) in [5.41, 5.74) is 0.601. The van der Waals surface area contributed by atoms with E-state index in [9.17, 15) is 4.79 Å². The summed E-state index contributed by atoms with van der Waals surface area (Å²) in [4.78, 5) is 9.97. The Hall–Kier alpha value is -1.03. The number of nitrogens with zero attached hydrogens (tertiary/aromatic N) is 2. The van der Waals surface area contributed by atoms with Gasteiger partial charge in [0.25, 0.3) is 6.47 Å². The molecule has 1 rings (SSSR count). The van der Waals surface area contributed by atoms with Crippen molar-refractivity contribution in [3.63, 3.8) is 0 Å². The molecule has 1 heterocycles. The van der Waals surface area contributed by atoms with Crippen LogP contribution < -0.4 is 4.74 Å². The SMILES string of the molecule is Cc1nn(C)c(Cl)c1OC=O. The van der Waals surface area contributed by atoms with Gasteiger partial charge in [-0.1, -0.05) is 11.6 Å². The number of rotatable bonds is 2. The molecule has 1 aromatic rings. The largest absolute Gasteiger partial charge is 0.423 e. The molecule has 0 fully saturated rings. The Morgan fingerprint density at radius 1 is 1.73 bits per heavy atom. The van der Waals surface area contributed by atoms with Gasteiger partial charge in [-0.25, -0.2) is 0 Å². The molecular weight excluding hydrogens is 168 g/mol. The normalized spacial score (nSPS) is 9.73.